The van der Waals surface area contributed by atoms with Crippen LogP contribution in [-0.2, 0) is 10.0 Å². The number of fused-ring (bicyclic) bond motifs is 1. The molecule has 0 saturated carbocycles. The van der Waals surface area contributed by atoms with Gasteiger partial charge in [0.15, 0.2) is 11.6 Å². The highest BCUT2D eigenvalue weighted by molar-refractivity contribution is 7.89. The molecule has 0 spiro atoms. The van der Waals surface area contributed by atoms with Crippen molar-refractivity contribution < 1.29 is 17.2 Å². The molecule has 5 nitrogen and oxygen atoms in total. The molecule has 2 atom stereocenters. The Morgan fingerprint density at radius 2 is 1.73 bits per heavy atom. The minimum absolute atomic E-state index is 0.175. The molecule has 1 aliphatic heterocycles. The summed E-state index contributed by atoms with van der Waals surface area (Å²) in [5.41, 5.74) is 1.37. The van der Waals surface area contributed by atoms with Crippen LogP contribution >= 0.6 is 0 Å². The van der Waals surface area contributed by atoms with E-state index in [2.05, 4.69) is 10.3 Å². The quantitative estimate of drug-likeness (QED) is 0.461. The zero-order valence-electron chi connectivity index (χ0n) is 17.5. The van der Waals surface area contributed by atoms with Gasteiger partial charge in [-0.05, 0) is 29.8 Å². The molecular formula is C25H21F2N3O2S. The van der Waals surface area contributed by atoms with Crippen molar-refractivity contribution in [3.63, 3.8) is 0 Å². The van der Waals surface area contributed by atoms with Crippen molar-refractivity contribution in [1.29, 1.82) is 0 Å². The number of nitrogens with zero attached hydrogens (tertiary/aromatic N) is 2. The van der Waals surface area contributed by atoms with Crippen LogP contribution in [0, 0.1) is 11.6 Å². The van der Waals surface area contributed by atoms with Gasteiger partial charge in [-0.2, -0.15) is 4.31 Å². The number of rotatable bonds is 5. The summed E-state index contributed by atoms with van der Waals surface area (Å²) in [5.74, 6) is -2.06. The summed E-state index contributed by atoms with van der Waals surface area (Å²) < 4.78 is 56.0. The van der Waals surface area contributed by atoms with Crippen molar-refractivity contribution in [2.75, 3.05) is 18.4 Å². The minimum atomic E-state index is -3.81. The molecule has 8 heteroatoms. The van der Waals surface area contributed by atoms with E-state index in [1.54, 1.807) is 30.6 Å². The van der Waals surface area contributed by atoms with Crippen LogP contribution in [0.25, 0.3) is 10.8 Å². The molecule has 0 amide bonds. The van der Waals surface area contributed by atoms with Crippen LogP contribution in [0.1, 0.15) is 11.5 Å². The number of benzene rings is 3. The van der Waals surface area contributed by atoms with Crippen molar-refractivity contribution in [3.05, 3.63) is 102 Å². The maximum absolute atomic E-state index is 13.8. The molecule has 4 aromatic rings. The third kappa shape index (κ3) is 4.07. The number of hydrogen-bond donors (Lipinski definition) is 1. The molecule has 1 aliphatic rings. The Morgan fingerprint density at radius 3 is 2.52 bits per heavy atom. The Balaban J connectivity index is 1.51. The predicted octanol–water partition coefficient (Wildman–Crippen LogP) is 4.78. The topological polar surface area (TPSA) is 62.3 Å². The summed E-state index contributed by atoms with van der Waals surface area (Å²) in [6, 6.07) is 19.7. The van der Waals surface area contributed by atoms with Gasteiger partial charge in [0.1, 0.15) is 0 Å². The number of aromatic nitrogens is 1. The SMILES string of the molecule is O=S(=O)(c1cccc2cnccc12)N1C[C@H](Nc2ccc(F)c(F)c2)[C@@H](c2ccccc2)C1. The lowest BCUT2D eigenvalue weighted by atomic mass is 9.94. The molecule has 0 bridgehead atoms. The molecule has 2 heterocycles. The number of halogens is 2. The van der Waals surface area contributed by atoms with E-state index >= 15 is 0 Å². The van der Waals surface area contributed by atoms with E-state index in [1.165, 1.54) is 10.4 Å². The second-order valence-electron chi connectivity index (χ2n) is 8.07. The van der Waals surface area contributed by atoms with Crippen LogP contribution in [0.3, 0.4) is 0 Å². The molecule has 168 valence electrons. The van der Waals surface area contributed by atoms with Crippen LogP contribution < -0.4 is 5.32 Å². The summed E-state index contributed by atoms with van der Waals surface area (Å²) in [5, 5.41) is 4.58. The normalized spacial score (nSPS) is 19.1. The molecule has 1 fully saturated rings. The van der Waals surface area contributed by atoms with Crippen molar-refractivity contribution >= 4 is 26.5 Å². The predicted molar refractivity (Wildman–Crippen MR) is 123 cm³/mol. The van der Waals surface area contributed by atoms with E-state index in [4.69, 9.17) is 0 Å². The Hall–Kier alpha value is -3.36. The second-order valence-corrected chi connectivity index (χ2v) is 9.98. The van der Waals surface area contributed by atoms with Gasteiger partial charge < -0.3 is 5.32 Å². The Labute approximate surface area is 190 Å². The molecule has 0 aliphatic carbocycles. The van der Waals surface area contributed by atoms with Gasteiger partial charge in [0.05, 0.1) is 4.90 Å². The standard InChI is InChI=1S/C25H21F2N3O2S/c26-22-10-9-19(13-23(22)27)29-24-16-30(15-21(24)17-5-2-1-3-6-17)33(31,32)25-8-4-7-18-14-28-12-11-20(18)25/h1-14,21,24,29H,15-16H2/t21-,24+/m1/s1. The average molecular weight is 466 g/mol. The molecule has 1 N–H and O–H groups in total. The first-order valence-electron chi connectivity index (χ1n) is 10.5. The van der Waals surface area contributed by atoms with Gasteiger partial charge in [0.2, 0.25) is 10.0 Å². The molecule has 1 aromatic heterocycles. The first kappa shape index (κ1) is 21.5. The van der Waals surface area contributed by atoms with Gasteiger partial charge >= 0.3 is 0 Å². The second kappa shape index (κ2) is 8.53. The van der Waals surface area contributed by atoms with Crippen LogP contribution in [0.5, 0.6) is 0 Å². The van der Waals surface area contributed by atoms with Gasteiger partial charge in [-0.25, -0.2) is 17.2 Å². The van der Waals surface area contributed by atoms with Gasteiger partial charge in [-0.1, -0.05) is 42.5 Å². The maximum atomic E-state index is 13.8. The summed E-state index contributed by atoms with van der Waals surface area (Å²) in [6.45, 7) is 0.442. The molecule has 1 saturated heterocycles. The zero-order valence-corrected chi connectivity index (χ0v) is 18.3. The molecule has 0 radical (unpaired) electrons. The Morgan fingerprint density at radius 1 is 0.909 bits per heavy atom. The summed E-state index contributed by atoms with van der Waals surface area (Å²) in [4.78, 5) is 4.31. The summed E-state index contributed by atoms with van der Waals surface area (Å²) >= 11 is 0. The number of nitrogens with one attached hydrogen (secondary N) is 1. The highest BCUT2D eigenvalue weighted by Gasteiger charge is 2.40. The van der Waals surface area contributed by atoms with Gasteiger partial charge in [0.25, 0.3) is 0 Å². The lowest BCUT2D eigenvalue weighted by molar-refractivity contribution is 0.472. The highest BCUT2D eigenvalue weighted by Crippen LogP contribution is 2.35. The van der Waals surface area contributed by atoms with Gasteiger partial charge in [0, 0.05) is 60.0 Å². The van der Waals surface area contributed by atoms with E-state index in [1.807, 2.05) is 36.4 Å². The van der Waals surface area contributed by atoms with Crippen LogP contribution in [0.2, 0.25) is 0 Å². The lowest BCUT2D eigenvalue weighted by Crippen LogP contribution is -2.32. The zero-order chi connectivity index (χ0) is 23.0. The van der Waals surface area contributed by atoms with Crippen molar-refractivity contribution in [3.8, 4) is 0 Å². The fourth-order valence-corrected chi connectivity index (χ4v) is 6.11. The molecule has 0 unspecified atom stereocenters. The molecule has 5 rings (SSSR count). The maximum Gasteiger partial charge on any atom is 0.243 e. The largest absolute Gasteiger partial charge is 0.380 e. The van der Waals surface area contributed by atoms with Crippen LogP contribution in [0.15, 0.2) is 90.1 Å². The van der Waals surface area contributed by atoms with Crippen molar-refractivity contribution in [2.45, 2.75) is 16.9 Å². The van der Waals surface area contributed by atoms with E-state index in [-0.39, 0.29) is 29.9 Å². The van der Waals surface area contributed by atoms with E-state index in [0.29, 0.717) is 11.1 Å². The smallest absolute Gasteiger partial charge is 0.243 e. The molecule has 3 aromatic carbocycles. The third-order valence-corrected chi connectivity index (χ3v) is 7.93. The fraction of sp³-hybridized carbons (Fsp3) is 0.160. The van der Waals surface area contributed by atoms with E-state index in [0.717, 1.165) is 23.1 Å². The highest BCUT2D eigenvalue weighted by atomic mass is 32.2. The van der Waals surface area contributed by atoms with E-state index < -0.39 is 21.7 Å². The number of pyridine rings is 1. The molecular weight excluding hydrogens is 444 g/mol. The first-order chi connectivity index (χ1) is 15.9. The average Bonchev–Trinajstić information content (AvgIpc) is 3.26. The molecule has 33 heavy (non-hydrogen) atoms. The van der Waals surface area contributed by atoms with E-state index in [9.17, 15) is 17.2 Å². The minimum Gasteiger partial charge on any atom is -0.380 e. The summed E-state index contributed by atoms with van der Waals surface area (Å²) in [7, 11) is -3.81. The number of hydrogen-bond acceptors (Lipinski definition) is 4. The van der Waals surface area contributed by atoms with Crippen molar-refractivity contribution in [1.82, 2.24) is 9.29 Å². The fourth-order valence-electron chi connectivity index (χ4n) is 4.41. The van der Waals surface area contributed by atoms with Gasteiger partial charge in [-0.3, -0.25) is 4.98 Å². The Kier molecular flexibility index (Phi) is 5.55. The number of anilines is 1. The number of sulfonamides is 1. The van der Waals surface area contributed by atoms with Crippen molar-refractivity contribution in [2.24, 2.45) is 0 Å². The lowest BCUT2D eigenvalue weighted by Gasteiger charge is -2.21. The first-order valence-corrected chi connectivity index (χ1v) is 12.0. The van der Waals surface area contributed by atoms with Gasteiger partial charge in [-0.15, -0.1) is 0 Å². The summed E-state index contributed by atoms with van der Waals surface area (Å²) in [6.07, 6.45) is 3.21. The van der Waals surface area contributed by atoms with Crippen LogP contribution in [0.4, 0.5) is 14.5 Å². The monoisotopic (exact) mass is 465 g/mol. The third-order valence-electron chi connectivity index (χ3n) is 6.04. The Bertz CT molecular complexity index is 1410. The van der Waals surface area contributed by atoms with Crippen LogP contribution in [-0.4, -0.2) is 36.8 Å².